The summed E-state index contributed by atoms with van der Waals surface area (Å²) in [4.78, 5) is 30.4. The molecule has 30 heavy (non-hydrogen) atoms. The maximum absolute atomic E-state index is 14.0. The highest BCUT2D eigenvalue weighted by molar-refractivity contribution is 6.05. The molecule has 1 unspecified atom stereocenters. The van der Waals surface area contributed by atoms with E-state index in [-0.39, 0.29) is 11.1 Å². The van der Waals surface area contributed by atoms with Crippen LogP contribution < -0.4 is 5.32 Å². The first-order valence-corrected chi connectivity index (χ1v) is 9.39. The predicted molar refractivity (Wildman–Crippen MR) is 109 cm³/mol. The molecule has 8 heteroatoms. The second-order valence-electron chi connectivity index (χ2n) is 8.26. The lowest BCUT2D eigenvalue weighted by Gasteiger charge is -2.30. The van der Waals surface area contributed by atoms with Crippen LogP contribution in [0.1, 0.15) is 58.4 Å². The lowest BCUT2D eigenvalue weighted by atomic mass is 9.82. The Morgan fingerprint density at radius 2 is 1.93 bits per heavy atom. The minimum Gasteiger partial charge on any atom is -0.341 e. The highest BCUT2D eigenvalue weighted by Crippen LogP contribution is 2.24. The number of ketones is 1. The van der Waals surface area contributed by atoms with Crippen molar-refractivity contribution in [2.75, 3.05) is 0 Å². The molecule has 3 rings (SSSR count). The average Bonchev–Trinajstić information content (AvgIpc) is 3.06. The molecule has 7 nitrogen and oxygen atoms in total. The Hall–Kier alpha value is -3.60. The molecule has 0 saturated heterocycles. The van der Waals surface area contributed by atoms with Crippen LogP contribution in [0.2, 0.25) is 0 Å². The van der Waals surface area contributed by atoms with Crippen molar-refractivity contribution >= 4 is 17.3 Å². The van der Waals surface area contributed by atoms with Crippen molar-refractivity contribution in [3.8, 4) is 6.07 Å². The number of aryl methyl sites for hydroxylation is 2. The van der Waals surface area contributed by atoms with Gasteiger partial charge in [-0.3, -0.25) is 9.59 Å². The number of aromatic nitrogens is 3. The minimum absolute atomic E-state index is 0.0831. The number of hydrogen-bond acceptors (Lipinski definition) is 5. The van der Waals surface area contributed by atoms with Crippen molar-refractivity contribution in [1.29, 1.82) is 5.26 Å². The smallest absolute Gasteiger partial charge is 0.255 e. The van der Waals surface area contributed by atoms with Gasteiger partial charge in [-0.15, -0.1) is 0 Å². The molecule has 0 fully saturated rings. The molecule has 0 bridgehead atoms. The normalized spacial score (nSPS) is 12.4. The Morgan fingerprint density at radius 3 is 2.53 bits per heavy atom. The zero-order valence-corrected chi connectivity index (χ0v) is 17.4. The number of hydrogen-bond donors (Lipinski definition) is 1. The Bertz CT molecular complexity index is 1200. The molecule has 3 aromatic rings. The van der Waals surface area contributed by atoms with Crippen LogP contribution in [0.4, 0.5) is 4.39 Å². The number of carbonyl (C=O) groups excluding carboxylic acids is 2. The van der Waals surface area contributed by atoms with Gasteiger partial charge in [0.1, 0.15) is 11.9 Å². The Kier molecular flexibility index (Phi) is 5.40. The number of nitriles is 1. The lowest BCUT2D eigenvalue weighted by Crippen LogP contribution is -2.49. The van der Waals surface area contributed by atoms with Gasteiger partial charge in [-0.05, 0) is 37.5 Å². The summed E-state index contributed by atoms with van der Waals surface area (Å²) in [7, 11) is 0. The molecule has 1 amide bonds. The molecular weight excluding hydrogens is 385 g/mol. The third kappa shape index (κ3) is 3.92. The number of amides is 1. The summed E-state index contributed by atoms with van der Waals surface area (Å²) in [5.41, 5.74) is 1.57. The van der Waals surface area contributed by atoms with Crippen LogP contribution in [0, 0.1) is 36.4 Å². The average molecular weight is 407 g/mol. The van der Waals surface area contributed by atoms with Crippen molar-refractivity contribution < 1.29 is 14.0 Å². The molecule has 1 N–H and O–H groups in total. The van der Waals surface area contributed by atoms with Crippen LogP contribution >= 0.6 is 0 Å². The molecule has 0 radical (unpaired) electrons. The van der Waals surface area contributed by atoms with Crippen molar-refractivity contribution in [3.63, 3.8) is 0 Å². The van der Waals surface area contributed by atoms with Crippen LogP contribution in [0.25, 0.3) is 5.65 Å². The van der Waals surface area contributed by atoms with Gasteiger partial charge in [0.2, 0.25) is 0 Å². The Balaban J connectivity index is 1.95. The molecule has 1 atom stereocenters. The molecular formula is C22H22FN5O2. The summed E-state index contributed by atoms with van der Waals surface area (Å²) < 4.78 is 15.6. The number of Topliss-reactive ketones (excluding diaryl/α,β-unsaturated/α-hetero) is 1. The van der Waals surface area contributed by atoms with Gasteiger partial charge in [0.05, 0.1) is 28.6 Å². The molecule has 2 heterocycles. The summed E-state index contributed by atoms with van der Waals surface area (Å²) in [5.74, 6) is -1.69. The van der Waals surface area contributed by atoms with Crippen molar-refractivity contribution in [2.24, 2.45) is 5.41 Å². The summed E-state index contributed by atoms with van der Waals surface area (Å²) >= 11 is 0. The topological polar surface area (TPSA) is 100 Å². The zero-order valence-electron chi connectivity index (χ0n) is 17.4. The highest BCUT2D eigenvalue weighted by atomic mass is 19.1. The monoisotopic (exact) mass is 407 g/mol. The fourth-order valence-electron chi connectivity index (χ4n) is 3.20. The number of benzene rings is 1. The third-order valence-corrected chi connectivity index (χ3v) is 4.87. The van der Waals surface area contributed by atoms with Crippen LogP contribution in [0.5, 0.6) is 0 Å². The first-order chi connectivity index (χ1) is 14.0. The quantitative estimate of drug-likeness (QED) is 0.668. The number of nitrogens with one attached hydrogen (secondary N) is 1. The van der Waals surface area contributed by atoms with E-state index >= 15 is 0 Å². The van der Waals surface area contributed by atoms with Gasteiger partial charge in [0, 0.05) is 17.8 Å². The van der Waals surface area contributed by atoms with Gasteiger partial charge in [-0.2, -0.15) is 10.4 Å². The van der Waals surface area contributed by atoms with E-state index in [1.807, 2.05) is 6.92 Å². The van der Waals surface area contributed by atoms with E-state index in [4.69, 9.17) is 5.26 Å². The summed E-state index contributed by atoms with van der Waals surface area (Å²) in [6, 6.07) is 6.27. The Labute approximate surface area is 173 Å². The maximum atomic E-state index is 14.0. The van der Waals surface area contributed by atoms with Crippen LogP contribution in [-0.2, 0) is 0 Å². The van der Waals surface area contributed by atoms with E-state index in [1.165, 1.54) is 18.3 Å². The number of nitrogens with zero attached hydrogens (tertiary/aromatic N) is 4. The van der Waals surface area contributed by atoms with E-state index in [1.54, 1.807) is 44.3 Å². The maximum Gasteiger partial charge on any atom is 0.255 e. The van der Waals surface area contributed by atoms with E-state index < -0.39 is 29.0 Å². The van der Waals surface area contributed by atoms with Gasteiger partial charge in [-0.1, -0.05) is 20.8 Å². The van der Waals surface area contributed by atoms with Crippen molar-refractivity contribution in [2.45, 2.75) is 40.7 Å². The molecule has 154 valence electrons. The van der Waals surface area contributed by atoms with Gasteiger partial charge in [0.15, 0.2) is 11.4 Å². The van der Waals surface area contributed by atoms with Gasteiger partial charge >= 0.3 is 0 Å². The summed E-state index contributed by atoms with van der Waals surface area (Å²) in [5, 5.41) is 16.0. The van der Waals surface area contributed by atoms with E-state index in [2.05, 4.69) is 15.4 Å². The van der Waals surface area contributed by atoms with Crippen LogP contribution in [-0.4, -0.2) is 32.3 Å². The van der Waals surface area contributed by atoms with E-state index in [0.717, 1.165) is 11.8 Å². The summed E-state index contributed by atoms with van der Waals surface area (Å²) in [6.07, 6.45) is 1.45. The first-order valence-electron chi connectivity index (χ1n) is 9.39. The van der Waals surface area contributed by atoms with E-state index in [9.17, 15) is 14.0 Å². The molecule has 0 spiro atoms. The van der Waals surface area contributed by atoms with Crippen molar-refractivity contribution in [3.05, 3.63) is 64.4 Å². The predicted octanol–water partition coefficient (Wildman–Crippen LogP) is 3.38. The fraction of sp³-hybridized carbons (Fsp3) is 0.318. The standard InChI is InChI=1S/C22H22FN5O2/c1-12-8-18-25-11-16(13(2)28(18)27-12)21(30)26-20(22(3,4)5)19(29)14-6-7-15(10-24)17(23)9-14/h6-9,11,20H,1-5H3,(H,26,30). The number of carbonyl (C=O) groups is 2. The molecule has 0 aliphatic heterocycles. The molecule has 0 aliphatic carbocycles. The number of halogens is 1. The summed E-state index contributed by atoms with van der Waals surface area (Å²) in [6.45, 7) is 9.00. The molecule has 1 aromatic carbocycles. The van der Waals surface area contributed by atoms with Gasteiger partial charge < -0.3 is 5.32 Å². The SMILES string of the molecule is Cc1cc2ncc(C(=O)NC(C(=O)c3ccc(C#N)c(F)c3)C(C)(C)C)c(C)n2n1. The third-order valence-electron chi connectivity index (χ3n) is 4.87. The number of fused-ring (bicyclic) bond motifs is 1. The lowest BCUT2D eigenvalue weighted by molar-refractivity contribution is 0.0780. The highest BCUT2D eigenvalue weighted by Gasteiger charge is 2.34. The number of rotatable bonds is 4. The van der Waals surface area contributed by atoms with Crippen LogP contribution in [0.15, 0.2) is 30.5 Å². The minimum atomic E-state index is -0.924. The zero-order chi connectivity index (χ0) is 22.2. The van der Waals surface area contributed by atoms with Gasteiger partial charge in [0.25, 0.3) is 5.91 Å². The second-order valence-corrected chi connectivity index (χ2v) is 8.26. The molecule has 0 saturated carbocycles. The van der Waals surface area contributed by atoms with Crippen molar-refractivity contribution in [1.82, 2.24) is 19.9 Å². The largest absolute Gasteiger partial charge is 0.341 e. The molecule has 0 aliphatic rings. The Morgan fingerprint density at radius 1 is 1.23 bits per heavy atom. The van der Waals surface area contributed by atoms with E-state index in [0.29, 0.717) is 16.9 Å². The molecule has 2 aromatic heterocycles. The van der Waals surface area contributed by atoms with Crippen LogP contribution in [0.3, 0.4) is 0 Å². The second kappa shape index (κ2) is 7.67. The van der Waals surface area contributed by atoms with Gasteiger partial charge in [-0.25, -0.2) is 13.9 Å². The first kappa shape index (κ1) is 21.1. The fourth-order valence-corrected chi connectivity index (χ4v) is 3.20.